The van der Waals surface area contributed by atoms with Crippen molar-refractivity contribution >= 4 is 27.7 Å². The molecule has 0 unspecified atom stereocenters. The number of nitrogens with zero attached hydrogens (tertiary/aromatic N) is 1. The molecule has 0 saturated heterocycles. The molecule has 0 aliphatic heterocycles. The molecular weight excluding hydrogens is 392 g/mol. The number of carbonyl (C=O) groups excluding carboxylic acids is 1. The van der Waals surface area contributed by atoms with Crippen LogP contribution in [-0.2, 0) is 27.1 Å². The molecule has 0 atom stereocenters. The van der Waals surface area contributed by atoms with Gasteiger partial charge in [0, 0.05) is 25.4 Å². The summed E-state index contributed by atoms with van der Waals surface area (Å²) in [4.78, 5) is 12.3. The van der Waals surface area contributed by atoms with Crippen molar-refractivity contribution in [2.24, 2.45) is 0 Å². The molecule has 1 amide bonds. The first-order chi connectivity index (χ1) is 13.4. The molecule has 0 spiro atoms. The second-order valence-corrected chi connectivity index (χ2v) is 9.42. The number of thioether (sulfide) groups is 1. The quantitative estimate of drug-likeness (QED) is 0.638. The predicted octanol–water partition coefficient (Wildman–Crippen LogP) is 3.58. The molecule has 0 radical (unpaired) electrons. The van der Waals surface area contributed by atoms with Gasteiger partial charge >= 0.3 is 0 Å². The third-order valence-corrected chi connectivity index (χ3v) is 7.41. The fraction of sp³-hybridized carbons (Fsp3) is 0.381. The van der Waals surface area contributed by atoms with E-state index in [-0.39, 0.29) is 10.8 Å². The van der Waals surface area contributed by atoms with Crippen molar-refractivity contribution in [2.45, 2.75) is 38.0 Å². The second kappa shape index (κ2) is 10.6. The van der Waals surface area contributed by atoms with Crippen LogP contribution < -0.4 is 5.32 Å². The number of aryl methyl sites for hydroxylation is 1. The van der Waals surface area contributed by atoms with Crippen LogP contribution in [0.5, 0.6) is 0 Å². The standard InChI is InChI=1S/C21H28N2O3S2/c1-4-23(5-2)28(25,26)20-11-9-18(10-12-20)14-22-21(24)16-27-15-19-8-6-7-17(3)13-19/h6-13H,4-5,14-16H2,1-3H3,(H,22,24). The molecule has 1 N–H and O–H groups in total. The lowest BCUT2D eigenvalue weighted by molar-refractivity contribution is -0.118. The first kappa shape index (κ1) is 22.5. The first-order valence-corrected chi connectivity index (χ1v) is 11.9. The molecule has 28 heavy (non-hydrogen) atoms. The number of sulfonamides is 1. The molecule has 2 aromatic rings. The number of hydrogen-bond acceptors (Lipinski definition) is 4. The maximum absolute atomic E-state index is 12.5. The number of rotatable bonds is 10. The van der Waals surface area contributed by atoms with Crippen molar-refractivity contribution in [3.8, 4) is 0 Å². The van der Waals surface area contributed by atoms with E-state index in [9.17, 15) is 13.2 Å². The molecule has 0 bridgehead atoms. The van der Waals surface area contributed by atoms with E-state index >= 15 is 0 Å². The Morgan fingerprint density at radius 2 is 1.71 bits per heavy atom. The fourth-order valence-electron chi connectivity index (χ4n) is 2.81. The molecular formula is C21H28N2O3S2. The highest BCUT2D eigenvalue weighted by Gasteiger charge is 2.21. The van der Waals surface area contributed by atoms with Crippen molar-refractivity contribution in [1.29, 1.82) is 0 Å². The highest BCUT2D eigenvalue weighted by atomic mass is 32.2. The largest absolute Gasteiger partial charge is 0.351 e. The van der Waals surface area contributed by atoms with Crippen molar-refractivity contribution in [3.05, 3.63) is 65.2 Å². The van der Waals surface area contributed by atoms with E-state index in [1.165, 1.54) is 15.4 Å². The van der Waals surface area contributed by atoms with Gasteiger partial charge in [0.25, 0.3) is 0 Å². The van der Waals surface area contributed by atoms with Gasteiger partial charge in [-0.15, -0.1) is 11.8 Å². The maximum Gasteiger partial charge on any atom is 0.243 e. The van der Waals surface area contributed by atoms with Crippen LogP contribution in [0.2, 0.25) is 0 Å². The fourth-order valence-corrected chi connectivity index (χ4v) is 5.07. The average Bonchev–Trinajstić information content (AvgIpc) is 2.67. The van der Waals surface area contributed by atoms with Gasteiger partial charge in [0.2, 0.25) is 15.9 Å². The molecule has 0 heterocycles. The molecule has 0 aliphatic carbocycles. The van der Waals surface area contributed by atoms with E-state index < -0.39 is 10.0 Å². The van der Waals surface area contributed by atoms with E-state index in [0.29, 0.717) is 25.4 Å². The Morgan fingerprint density at radius 3 is 2.32 bits per heavy atom. The third kappa shape index (κ3) is 6.36. The maximum atomic E-state index is 12.5. The lowest BCUT2D eigenvalue weighted by Gasteiger charge is -2.18. The SMILES string of the molecule is CCN(CC)S(=O)(=O)c1ccc(CNC(=O)CSCc2cccc(C)c2)cc1. The summed E-state index contributed by atoms with van der Waals surface area (Å²) in [7, 11) is -3.45. The van der Waals surface area contributed by atoms with Gasteiger partial charge in [-0.1, -0.05) is 55.8 Å². The van der Waals surface area contributed by atoms with E-state index in [0.717, 1.165) is 11.3 Å². The summed E-state index contributed by atoms with van der Waals surface area (Å²) >= 11 is 1.58. The van der Waals surface area contributed by atoms with Crippen LogP contribution in [0.15, 0.2) is 53.4 Å². The van der Waals surface area contributed by atoms with Gasteiger partial charge in [0.1, 0.15) is 0 Å². The van der Waals surface area contributed by atoms with Crippen molar-refractivity contribution in [1.82, 2.24) is 9.62 Å². The van der Waals surface area contributed by atoms with Crippen LogP contribution in [0, 0.1) is 6.92 Å². The van der Waals surface area contributed by atoms with Gasteiger partial charge in [-0.3, -0.25) is 4.79 Å². The molecule has 0 fully saturated rings. The van der Waals surface area contributed by atoms with Crippen LogP contribution in [0.3, 0.4) is 0 Å². The van der Waals surface area contributed by atoms with Crippen LogP contribution in [0.4, 0.5) is 0 Å². The lowest BCUT2D eigenvalue weighted by atomic mass is 10.2. The molecule has 2 aromatic carbocycles. The Labute approximate surface area is 172 Å². The Bertz CT molecular complexity index is 877. The van der Waals surface area contributed by atoms with Gasteiger partial charge in [-0.05, 0) is 30.2 Å². The molecule has 7 heteroatoms. The average molecular weight is 421 g/mol. The number of amides is 1. The minimum absolute atomic E-state index is 0.0301. The van der Waals surface area contributed by atoms with E-state index in [1.807, 2.05) is 19.9 Å². The van der Waals surface area contributed by atoms with Gasteiger partial charge in [0.15, 0.2) is 0 Å². The zero-order valence-corrected chi connectivity index (χ0v) is 18.3. The summed E-state index contributed by atoms with van der Waals surface area (Å²) in [5.41, 5.74) is 3.30. The zero-order chi connectivity index (χ0) is 20.6. The summed E-state index contributed by atoms with van der Waals surface area (Å²) in [6, 6.07) is 15.0. The van der Waals surface area contributed by atoms with E-state index in [4.69, 9.17) is 0 Å². The van der Waals surface area contributed by atoms with Gasteiger partial charge < -0.3 is 5.32 Å². The number of nitrogens with one attached hydrogen (secondary N) is 1. The highest BCUT2D eigenvalue weighted by molar-refractivity contribution is 7.99. The Hall–Kier alpha value is -1.83. The molecule has 5 nitrogen and oxygen atoms in total. The zero-order valence-electron chi connectivity index (χ0n) is 16.6. The second-order valence-electron chi connectivity index (χ2n) is 6.49. The highest BCUT2D eigenvalue weighted by Crippen LogP contribution is 2.16. The van der Waals surface area contributed by atoms with Gasteiger partial charge in [-0.25, -0.2) is 8.42 Å². The van der Waals surface area contributed by atoms with Crippen LogP contribution >= 0.6 is 11.8 Å². The first-order valence-electron chi connectivity index (χ1n) is 9.36. The lowest BCUT2D eigenvalue weighted by Crippen LogP contribution is -2.30. The summed E-state index contributed by atoms with van der Waals surface area (Å²) in [5.74, 6) is 1.16. The van der Waals surface area contributed by atoms with Crippen LogP contribution in [0.1, 0.15) is 30.5 Å². The van der Waals surface area contributed by atoms with E-state index in [2.05, 4.69) is 30.4 Å². The van der Waals surface area contributed by atoms with E-state index in [1.54, 1.807) is 36.0 Å². The summed E-state index contributed by atoms with van der Waals surface area (Å²) in [6.07, 6.45) is 0. The molecule has 2 rings (SSSR count). The topological polar surface area (TPSA) is 66.5 Å². The van der Waals surface area contributed by atoms with Crippen LogP contribution in [0.25, 0.3) is 0 Å². The molecule has 0 aliphatic rings. The van der Waals surface area contributed by atoms with Crippen molar-refractivity contribution in [3.63, 3.8) is 0 Å². The summed E-state index contributed by atoms with van der Waals surface area (Å²) in [6.45, 7) is 6.96. The smallest absolute Gasteiger partial charge is 0.243 e. The number of benzene rings is 2. The Kier molecular flexibility index (Phi) is 8.54. The molecule has 0 saturated carbocycles. The predicted molar refractivity (Wildman–Crippen MR) is 116 cm³/mol. The van der Waals surface area contributed by atoms with Crippen LogP contribution in [-0.4, -0.2) is 37.5 Å². The molecule has 0 aromatic heterocycles. The number of hydrogen-bond donors (Lipinski definition) is 1. The minimum Gasteiger partial charge on any atom is -0.351 e. The normalized spacial score (nSPS) is 11.6. The van der Waals surface area contributed by atoms with Gasteiger partial charge in [0.05, 0.1) is 10.6 Å². The Morgan fingerprint density at radius 1 is 1.04 bits per heavy atom. The van der Waals surface area contributed by atoms with Crippen molar-refractivity contribution in [2.75, 3.05) is 18.8 Å². The minimum atomic E-state index is -3.45. The van der Waals surface area contributed by atoms with Gasteiger partial charge in [-0.2, -0.15) is 4.31 Å². The van der Waals surface area contributed by atoms with Crippen molar-refractivity contribution < 1.29 is 13.2 Å². The third-order valence-electron chi connectivity index (χ3n) is 4.34. The summed E-state index contributed by atoms with van der Waals surface area (Å²) < 4.78 is 26.4. The Balaban J connectivity index is 1.81. The monoisotopic (exact) mass is 420 g/mol. The number of carbonyl (C=O) groups is 1. The summed E-state index contributed by atoms with van der Waals surface area (Å²) in [5, 5.41) is 2.88. The molecule has 152 valence electrons.